The summed E-state index contributed by atoms with van der Waals surface area (Å²) in [5, 5.41) is 9.37. The molecular formula is C14H12Cl2N2O5. The fourth-order valence-electron chi connectivity index (χ4n) is 1.73. The van der Waals surface area contributed by atoms with Crippen LogP contribution in [-0.4, -0.2) is 35.3 Å². The highest BCUT2D eigenvalue weighted by atomic mass is 35.5. The van der Waals surface area contributed by atoms with Crippen molar-refractivity contribution >= 4 is 29.2 Å². The predicted octanol–water partition coefficient (Wildman–Crippen LogP) is 3.08. The van der Waals surface area contributed by atoms with E-state index >= 15 is 0 Å². The standard InChI is InChI=1S/C14H12Cl2N2O5/c1-21-10-5-11(22-2)18-9(17-10)6-23-13-8(16)4-3-7(15)12(13)14(19)20/h3-5H,6H2,1-2H3,(H,19,20). The number of halogens is 2. The minimum absolute atomic E-state index is 0.0149. The summed E-state index contributed by atoms with van der Waals surface area (Å²) in [6.45, 7) is -0.145. The zero-order valence-corrected chi connectivity index (χ0v) is 13.7. The molecular weight excluding hydrogens is 347 g/mol. The summed E-state index contributed by atoms with van der Waals surface area (Å²) in [6.07, 6.45) is 0. The van der Waals surface area contributed by atoms with Crippen molar-refractivity contribution < 1.29 is 24.1 Å². The number of aromatic carboxylic acids is 1. The fraction of sp³-hybridized carbons (Fsp3) is 0.214. The van der Waals surface area contributed by atoms with Crippen molar-refractivity contribution in [2.75, 3.05) is 14.2 Å². The minimum atomic E-state index is -1.25. The topological polar surface area (TPSA) is 90.8 Å². The lowest BCUT2D eigenvalue weighted by molar-refractivity contribution is 0.0691. The highest BCUT2D eigenvalue weighted by Gasteiger charge is 2.20. The maximum Gasteiger partial charge on any atom is 0.341 e. The van der Waals surface area contributed by atoms with Crippen LogP contribution < -0.4 is 14.2 Å². The van der Waals surface area contributed by atoms with Crippen molar-refractivity contribution in [1.29, 1.82) is 0 Å². The number of carbonyl (C=O) groups is 1. The third kappa shape index (κ3) is 3.94. The number of benzene rings is 1. The molecule has 0 unspecified atom stereocenters. The summed E-state index contributed by atoms with van der Waals surface area (Å²) in [6, 6.07) is 4.32. The van der Waals surface area contributed by atoms with Gasteiger partial charge in [0.2, 0.25) is 11.8 Å². The molecule has 1 heterocycles. The van der Waals surface area contributed by atoms with E-state index in [0.717, 1.165) is 0 Å². The Morgan fingerprint density at radius 2 is 1.70 bits per heavy atom. The third-order valence-corrected chi connectivity index (χ3v) is 3.37. The Kier molecular flexibility index (Phi) is 5.46. The first-order valence-corrected chi connectivity index (χ1v) is 7.02. The van der Waals surface area contributed by atoms with Crippen LogP contribution in [0.2, 0.25) is 10.0 Å². The van der Waals surface area contributed by atoms with Crippen LogP contribution in [0.5, 0.6) is 17.5 Å². The monoisotopic (exact) mass is 358 g/mol. The number of aromatic nitrogens is 2. The third-order valence-electron chi connectivity index (χ3n) is 2.76. The van der Waals surface area contributed by atoms with E-state index < -0.39 is 5.97 Å². The van der Waals surface area contributed by atoms with Crippen molar-refractivity contribution in [2.24, 2.45) is 0 Å². The van der Waals surface area contributed by atoms with Crippen LogP contribution in [-0.2, 0) is 6.61 Å². The van der Waals surface area contributed by atoms with Crippen molar-refractivity contribution in [2.45, 2.75) is 6.61 Å². The lowest BCUT2D eigenvalue weighted by atomic mass is 10.2. The van der Waals surface area contributed by atoms with Crippen LogP contribution >= 0.6 is 23.2 Å². The molecule has 2 rings (SSSR count). The molecule has 0 bridgehead atoms. The van der Waals surface area contributed by atoms with Gasteiger partial charge in [0.25, 0.3) is 0 Å². The number of methoxy groups -OCH3 is 2. The number of ether oxygens (including phenoxy) is 3. The van der Waals surface area contributed by atoms with Gasteiger partial charge in [-0.05, 0) is 12.1 Å². The van der Waals surface area contributed by atoms with Crippen molar-refractivity contribution in [3.05, 3.63) is 39.6 Å². The van der Waals surface area contributed by atoms with Crippen LogP contribution in [0.15, 0.2) is 18.2 Å². The average Bonchev–Trinajstić information content (AvgIpc) is 2.54. The van der Waals surface area contributed by atoms with E-state index in [1.165, 1.54) is 32.4 Å². The maximum absolute atomic E-state index is 11.3. The molecule has 122 valence electrons. The summed E-state index contributed by atoms with van der Waals surface area (Å²) < 4.78 is 15.5. The Morgan fingerprint density at radius 1 is 1.13 bits per heavy atom. The van der Waals surface area contributed by atoms with Crippen LogP contribution in [0, 0.1) is 0 Å². The zero-order valence-electron chi connectivity index (χ0n) is 12.2. The largest absolute Gasteiger partial charge is 0.483 e. The molecule has 9 heteroatoms. The minimum Gasteiger partial charge on any atom is -0.483 e. The quantitative estimate of drug-likeness (QED) is 0.848. The van der Waals surface area contributed by atoms with Crippen molar-refractivity contribution in [1.82, 2.24) is 9.97 Å². The molecule has 1 aromatic carbocycles. The van der Waals surface area contributed by atoms with Gasteiger partial charge in [0.15, 0.2) is 11.6 Å². The molecule has 0 atom stereocenters. The zero-order chi connectivity index (χ0) is 17.0. The lowest BCUT2D eigenvalue weighted by Gasteiger charge is -2.12. The molecule has 0 saturated heterocycles. The molecule has 0 aliphatic rings. The van der Waals surface area contributed by atoms with E-state index in [9.17, 15) is 9.90 Å². The van der Waals surface area contributed by atoms with Gasteiger partial charge in [-0.3, -0.25) is 0 Å². The summed E-state index contributed by atoms with van der Waals surface area (Å²) in [5.41, 5.74) is -0.228. The van der Waals surface area contributed by atoms with E-state index in [2.05, 4.69) is 9.97 Å². The van der Waals surface area contributed by atoms with Gasteiger partial charge in [0.1, 0.15) is 12.2 Å². The summed E-state index contributed by atoms with van der Waals surface area (Å²) >= 11 is 11.9. The van der Waals surface area contributed by atoms with E-state index in [4.69, 9.17) is 37.4 Å². The lowest BCUT2D eigenvalue weighted by Crippen LogP contribution is -2.08. The normalized spacial score (nSPS) is 10.3. The molecule has 0 fully saturated rings. The van der Waals surface area contributed by atoms with Gasteiger partial charge < -0.3 is 19.3 Å². The molecule has 0 aliphatic heterocycles. The molecule has 23 heavy (non-hydrogen) atoms. The second kappa shape index (κ2) is 7.34. The Morgan fingerprint density at radius 3 is 2.22 bits per heavy atom. The van der Waals surface area contributed by atoms with Gasteiger partial charge in [-0.2, -0.15) is 9.97 Å². The molecule has 1 aromatic heterocycles. The fourth-order valence-corrected chi connectivity index (χ4v) is 2.18. The molecule has 0 radical (unpaired) electrons. The van der Waals surface area contributed by atoms with E-state index in [0.29, 0.717) is 0 Å². The number of carboxylic acids is 1. The summed E-state index contributed by atoms with van der Waals surface area (Å²) in [5.74, 6) is -0.514. The van der Waals surface area contributed by atoms with Gasteiger partial charge in [-0.15, -0.1) is 0 Å². The van der Waals surface area contributed by atoms with Gasteiger partial charge in [-0.1, -0.05) is 23.2 Å². The Labute approximate surface area is 141 Å². The Hall–Kier alpha value is -2.25. The smallest absolute Gasteiger partial charge is 0.341 e. The maximum atomic E-state index is 11.3. The molecule has 7 nitrogen and oxygen atoms in total. The van der Waals surface area contributed by atoms with Gasteiger partial charge in [-0.25, -0.2) is 4.79 Å². The van der Waals surface area contributed by atoms with Crippen LogP contribution in [0.4, 0.5) is 0 Å². The first-order chi connectivity index (χ1) is 11.0. The molecule has 0 aliphatic carbocycles. The van der Waals surface area contributed by atoms with E-state index in [1.807, 2.05) is 0 Å². The van der Waals surface area contributed by atoms with E-state index in [-0.39, 0.29) is 45.5 Å². The molecule has 0 saturated carbocycles. The highest BCUT2D eigenvalue weighted by Crippen LogP contribution is 2.34. The van der Waals surface area contributed by atoms with Gasteiger partial charge in [0, 0.05) is 0 Å². The Balaban J connectivity index is 2.31. The number of carboxylic acid groups (broad SMARTS) is 1. The number of rotatable bonds is 6. The first-order valence-electron chi connectivity index (χ1n) is 6.26. The number of hydrogen-bond acceptors (Lipinski definition) is 6. The molecule has 1 N–H and O–H groups in total. The number of hydrogen-bond donors (Lipinski definition) is 1. The van der Waals surface area contributed by atoms with Gasteiger partial charge >= 0.3 is 5.97 Å². The van der Waals surface area contributed by atoms with Crippen molar-refractivity contribution in [3.8, 4) is 17.5 Å². The second-order valence-electron chi connectivity index (χ2n) is 4.20. The van der Waals surface area contributed by atoms with Crippen LogP contribution in [0.3, 0.4) is 0 Å². The molecule has 2 aromatic rings. The summed E-state index contributed by atoms with van der Waals surface area (Å²) in [4.78, 5) is 19.5. The second-order valence-corrected chi connectivity index (χ2v) is 5.01. The summed E-state index contributed by atoms with van der Waals surface area (Å²) in [7, 11) is 2.89. The van der Waals surface area contributed by atoms with Crippen LogP contribution in [0.1, 0.15) is 16.2 Å². The number of nitrogens with zero attached hydrogens (tertiary/aromatic N) is 2. The Bertz CT molecular complexity index is 717. The highest BCUT2D eigenvalue weighted by molar-refractivity contribution is 6.36. The average molecular weight is 359 g/mol. The van der Waals surface area contributed by atoms with Gasteiger partial charge in [0.05, 0.1) is 30.3 Å². The predicted molar refractivity (Wildman–Crippen MR) is 82.9 cm³/mol. The first kappa shape index (κ1) is 17.1. The molecule has 0 amide bonds. The molecule has 0 spiro atoms. The van der Waals surface area contributed by atoms with Crippen molar-refractivity contribution in [3.63, 3.8) is 0 Å². The van der Waals surface area contributed by atoms with Crippen LogP contribution in [0.25, 0.3) is 0 Å². The SMILES string of the molecule is COc1cc(OC)nc(COc2c(Cl)ccc(Cl)c2C(=O)O)n1. The van der Waals surface area contributed by atoms with E-state index in [1.54, 1.807) is 0 Å².